The van der Waals surface area contributed by atoms with Crippen LogP contribution in [0.5, 0.6) is 0 Å². The number of hydrogen-bond acceptors (Lipinski definition) is 2. The molecule has 2 nitrogen and oxygen atoms in total. The van der Waals surface area contributed by atoms with Crippen LogP contribution in [0.25, 0.3) is 0 Å². The molecule has 1 aromatic heterocycles. The number of halogens is 3. The summed E-state index contributed by atoms with van der Waals surface area (Å²) in [7, 11) is 0. The smallest absolute Gasteiger partial charge is 0.231 e. The van der Waals surface area contributed by atoms with Crippen LogP contribution in [0.15, 0.2) is 6.07 Å². The van der Waals surface area contributed by atoms with Gasteiger partial charge in [-0.1, -0.05) is 20.8 Å². The maximum absolute atomic E-state index is 12.2. The molecule has 0 atom stereocenters. The van der Waals surface area contributed by atoms with Crippen LogP contribution in [0.4, 0.5) is 13.2 Å². The molecule has 0 N–H and O–H groups in total. The van der Waals surface area contributed by atoms with E-state index < -0.39 is 17.3 Å². The average Bonchev–Trinajstić information content (AvgIpc) is 2.01. The van der Waals surface area contributed by atoms with Crippen LogP contribution >= 0.6 is 0 Å². The summed E-state index contributed by atoms with van der Waals surface area (Å²) < 4.78 is 36.7. The van der Waals surface area contributed by atoms with Gasteiger partial charge in [0.05, 0.1) is 6.20 Å². The molecule has 0 aliphatic carbocycles. The number of hydrogen-bond donors (Lipinski definition) is 0. The van der Waals surface area contributed by atoms with Crippen LogP contribution in [0.3, 0.4) is 0 Å². The monoisotopic (exact) mass is 203 g/mol. The molecule has 0 aliphatic heterocycles. The van der Waals surface area contributed by atoms with E-state index in [1.807, 2.05) is 0 Å². The maximum Gasteiger partial charge on any atom is 0.433 e. The minimum atomic E-state index is -4.43. The van der Waals surface area contributed by atoms with Crippen LogP contribution in [-0.4, -0.2) is 9.97 Å². The highest BCUT2D eigenvalue weighted by Crippen LogP contribution is 2.28. The third kappa shape index (κ3) is 2.43. The van der Waals surface area contributed by atoms with Gasteiger partial charge in [0.15, 0.2) is 0 Å². The molecule has 0 aromatic carbocycles. The predicted octanol–water partition coefficient (Wildman–Crippen LogP) is 2.59. The first-order valence-corrected chi connectivity index (χ1v) is 4.04. The number of nitrogens with zero attached hydrogens (tertiary/aromatic N) is 2. The van der Waals surface area contributed by atoms with Gasteiger partial charge in [-0.05, 0) is 6.07 Å². The van der Waals surface area contributed by atoms with E-state index in [0.29, 0.717) is 0 Å². The van der Waals surface area contributed by atoms with Crippen molar-refractivity contribution < 1.29 is 13.2 Å². The molecule has 5 heteroatoms. The summed E-state index contributed by atoms with van der Waals surface area (Å²) in [6, 6.07) is 0.745. The average molecular weight is 203 g/mol. The van der Waals surface area contributed by atoms with E-state index in [1.54, 1.807) is 20.8 Å². The van der Waals surface area contributed by atoms with Gasteiger partial charge in [-0.2, -0.15) is 13.2 Å². The molecule has 0 fully saturated rings. The van der Waals surface area contributed by atoms with Gasteiger partial charge in [-0.15, -0.1) is 0 Å². The van der Waals surface area contributed by atoms with Crippen molar-refractivity contribution in [1.29, 1.82) is 0 Å². The highest BCUT2D eigenvalue weighted by molar-refractivity contribution is 5.09. The molecule has 0 spiro atoms. The fourth-order valence-corrected chi connectivity index (χ4v) is 0.807. The van der Waals surface area contributed by atoms with E-state index in [1.165, 1.54) is 0 Å². The third-order valence-corrected chi connectivity index (χ3v) is 1.56. The fraction of sp³-hybridized carbons (Fsp3) is 0.556. The van der Waals surface area contributed by atoms with Crippen LogP contribution < -0.4 is 0 Å². The number of alkyl halides is 3. The molecule has 0 amide bonds. The van der Waals surface area contributed by atoms with Crippen molar-refractivity contribution in [1.82, 2.24) is 9.97 Å². The highest BCUT2D eigenvalue weighted by Gasteiger charge is 2.33. The lowest BCUT2D eigenvalue weighted by Crippen LogP contribution is -2.19. The molecular formula is C9H10F3N2. The largest absolute Gasteiger partial charge is 0.433 e. The zero-order valence-electron chi connectivity index (χ0n) is 8.11. The van der Waals surface area contributed by atoms with Gasteiger partial charge in [0.2, 0.25) is 0 Å². The molecule has 1 heterocycles. The summed E-state index contributed by atoms with van der Waals surface area (Å²) in [5, 5.41) is 0. The first-order valence-electron chi connectivity index (χ1n) is 4.04. The lowest BCUT2D eigenvalue weighted by atomic mass is 9.96. The van der Waals surface area contributed by atoms with Gasteiger partial charge in [-0.3, -0.25) is 0 Å². The van der Waals surface area contributed by atoms with Crippen LogP contribution in [-0.2, 0) is 11.6 Å². The van der Waals surface area contributed by atoms with E-state index in [4.69, 9.17) is 0 Å². The molecule has 1 aromatic rings. The van der Waals surface area contributed by atoms with Crippen molar-refractivity contribution in [2.24, 2.45) is 0 Å². The predicted molar refractivity (Wildman–Crippen MR) is 44.6 cm³/mol. The molecule has 1 rings (SSSR count). The molecule has 77 valence electrons. The summed E-state index contributed by atoms with van der Waals surface area (Å²) in [6.45, 7) is 5.24. The molecule has 0 saturated carbocycles. The van der Waals surface area contributed by atoms with E-state index in [2.05, 4.69) is 16.2 Å². The van der Waals surface area contributed by atoms with Crippen molar-refractivity contribution in [3.63, 3.8) is 0 Å². The van der Waals surface area contributed by atoms with Gasteiger partial charge in [0.1, 0.15) is 11.5 Å². The first kappa shape index (κ1) is 10.9. The van der Waals surface area contributed by atoms with E-state index in [0.717, 1.165) is 6.07 Å². The van der Waals surface area contributed by atoms with Crippen molar-refractivity contribution in [3.05, 3.63) is 23.8 Å². The summed E-state index contributed by atoms with van der Waals surface area (Å²) in [4.78, 5) is 7.14. The highest BCUT2D eigenvalue weighted by atomic mass is 19.4. The Balaban J connectivity index is 3.15. The Kier molecular flexibility index (Phi) is 2.52. The second-order valence-corrected chi connectivity index (χ2v) is 3.95. The Morgan fingerprint density at radius 1 is 1.21 bits per heavy atom. The summed E-state index contributed by atoms with van der Waals surface area (Å²) >= 11 is 0. The minimum absolute atomic E-state index is 0.146. The number of aromatic nitrogens is 2. The lowest BCUT2D eigenvalue weighted by Gasteiger charge is -2.17. The van der Waals surface area contributed by atoms with Crippen molar-refractivity contribution in [2.75, 3.05) is 0 Å². The quantitative estimate of drug-likeness (QED) is 0.647. The van der Waals surface area contributed by atoms with Crippen LogP contribution in [0, 0.1) is 6.20 Å². The van der Waals surface area contributed by atoms with Gasteiger partial charge in [-0.25, -0.2) is 9.97 Å². The molecule has 14 heavy (non-hydrogen) atoms. The molecule has 0 saturated heterocycles. The van der Waals surface area contributed by atoms with Gasteiger partial charge < -0.3 is 0 Å². The standard InChI is InChI=1S/C9H10F3N2/c1-8(2,3)7-13-5-4-6(14-7)9(10,11)12/h4H,1-3H3. The summed E-state index contributed by atoms with van der Waals surface area (Å²) in [5.74, 6) is 0.146. The molecule has 1 radical (unpaired) electrons. The fourth-order valence-electron chi connectivity index (χ4n) is 0.807. The Labute approximate surface area is 80.2 Å². The normalized spacial score (nSPS) is 13.0. The molecule has 0 bridgehead atoms. The van der Waals surface area contributed by atoms with E-state index in [-0.39, 0.29) is 5.82 Å². The maximum atomic E-state index is 12.2. The lowest BCUT2D eigenvalue weighted by molar-refractivity contribution is -0.141. The first-order chi connectivity index (χ1) is 6.21. The molecule has 0 unspecified atom stereocenters. The Morgan fingerprint density at radius 2 is 1.79 bits per heavy atom. The molecule has 0 aliphatic rings. The Morgan fingerprint density at radius 3 is 2.21 bits per heavy atom. The summed E-state index contributed by atoms with van der Waals surface area (Å²) in [6.07, 6.45) is -2.22. The van der Waals surface area contributed by atoms with Gasteiger partial charge >= 0.3 is 6.18 Å². The van der Waals surface area contributed by atoms with Crippen molar-refractivity contribution in [2.45, 2.75) is 32.4 Å². The van der Waals surface area contributed by atoms with Crippen LogP contribution in [0.2, 0.25) is 0 Å². The van der Waals surface area contributed by atoms with Crippen molar-refractivity contribution in [3.8, 4) is 0 Å². The zero-order valence-corrected chi connectivity index (χ0v) is 8.11. The van der Waals surface area contributed by atoms with E-state index >= 15 is 0 Å². The van der Waals surface area contributed by atoms with Crippen molar-refractivity contribution >= 4 is 0 Å². The number of rotatable bonds is 0. The van der Waals surface area contributed by atoms with Gasteiger partial charge in [0.25, 0.3) is 0 Å². The summed E-state index contributed by atoms with van der Waals surface area (Å²) in [5.41, 5.74) is -1.45. The third-order valence-electron chi connectivity index (χ3n) is 1.56. The van der Waals surface area contributed by atoms with Crippen LogP contribution in [0.1, 0.15) is 32.3 Å². The Hall–Kier alpha value is -1.13. The SMILES string of the molecule is CC(C)(C)c1n[c]cc(C(F)(F)F)n1. The minimum Gasteiger partial charge on any atom is -0.231 e. The zero-order chi connectivity index (χ0) is 11.0. The van der Waals surface area contributed by atoms with E-state index in [9.17, 15) is 13.2 Å². The second-order valence-electron chi connectivity index (χ2n) is 3.95. The molecular weight excluding hydrogens is 193 g/mol. The van der Waals surface area contributed by atoms with Gasteiger partial charge in [0, 0.05) is 5.41 Å². The Bertz CT molecular complexity index is 296. The topological polar surface area (TPSA) is 25.8 Å². The second kappa shape index (κ2) is 3.22.